The number of hydrogen-bond donors (Lipinski definition) is 1. The molecule has 0 aromatic heterocycles. The fourth-order valence-corrected chi connectivity index (χ4v) is 3.83. The van der Waals surface area contributed by atoms with Crippen LogP contribution in [0.3, 0.4) is 0 Å². The highest BCUT2D eigenvalue weighted by Crippen LogP contribution is 2.43. The van der Waals surface area contributed by atoms with E-state index in [2.05, 4.69) is 47.9 Å². The lowest BCUT2D eigenvalue weighted by atomic mass is 9.95. The van der Waals surface area contributed by atoms with Crippen molar-refractivity contribution >= 4 is 0 Å². The molecule has 2 unspecified atom stereocenters. The zero-order chi connectivity index (χ0) is 14.8. The van der Waals surface area contributed by atoms with Crippen LogP contribution in [0.15, 0.2) is 24.3 Å². The predicted octanol–water partition coefficient (Wildman–Crippen LogP) is 2.59. The number of nitrogens with two attached hydrogens (primary N) is 1. The molecule has 2 N–H and O–H groups in total. The second-order valence-corrected chi connectivity index (χ2v) is 6.63. The highest BCUT2D eigenvalue weighted by molar-refractivity contribution is 5.36. The highest BCUT2D eigenvalue weighted by atomic mass is 15.3. The number of likely N-dealkylation sites (N-methyl/N-ethyl adjacent to an activating group) is 1. The number of rotatable bonds is 5. The van der Waals surface area contributed by atoms with Crippen molar-refractivity contribution in [2.45, 2.75) is 44.7 Å². The maximum atomic E-state index is 6.18. The highest BCUT2D eigenvalue weighted by Gasteiger charge is 2.32. The van der Waals surface area contributed by atoms with Crippen LogP contribution < -0.4 is 5.73 Å². The Morgan fingerprint density at radius 3 is 2.62 bits per heavy atom. The lowest BCUT2D eigenvalue weighted by Crippen LogP contribution is -2.53. The van der Waals surface area contributed by atoms with Gasteiger partial charge in [0.2, 0.25) is 0 Å². The molecule has 3 nitrogen and oxygen atoms in total. The first-order valence-corrected chi connectivity index (χ1v) is 8.51. The lowest BCUT2D eigenvalue weighted by molar-refractivity contribution is 0.0604. The minimum atomic E-state index is 0.392. The number of benzene rings is 1. The van der Waals surface area contributed by atoms with E-state index in [4.69, 9.17) is 5.73 Å². The molecule has 3 rings (SSSR count). The van der Waals surface area contributed by atoms with E-state index in [0.29, 0.717) is 12.1 Å². The van der Waals surface area contributed by atoms with Crippen molar-refractivity contribution in [3.63, 3.8) is 0 Å². The first-order chi connectivity index (χ1) is 10.2. The topological polar surface area (TPSA) is 32.5 Å². The standard InChI is InChI=1S/C18H29N3/c1-3-20-10-11-21(13-14(20)2)18(12-19)17-7-5-4-6-16(17)15-8-9-15/h4-7,14-15,18H,3,8-13,19H2,1-2H3. The molecule has 0 spiro atoms. The van der Waals surface area contributed by atoms with Gasteiger partial charge in [0, 0.05) is 38.3 Å². The van der Waals surface area contributed by atoms with Crippen LogP contribution >= 0.6 is 0 Å². The maximum absolute atomic E-state index is 6.18. The summed E-state index contributed by atoms with van der Waals surface area (Å²) in [5.41, 5.74) is 9.22. The number of hydrogen-bond acceptors (Lipinski definition) is 3. The van der Waals surface area contributed by atoms with Gasteiger partial charge in [-0.2, -0.15) is 0 Å². The largest absolute Gasteiger partial charge is 0.329 e. The molecule has 1 saturated carbocycles. The van der Waals surface area contributed by atoms with Crippen molar-refractivity contribution in [2.24, 2.45) is 5.73 Å². The molecule has 1 heterocycles. The van der Waals surface area contributed by atoms with Crippen molar-refractivity contribution in [3.05, 3.63) is 35.4 Å². The molecular weight excluding hydrogens is 258 g/mol. The van der Waals surface area contributed by atoms with Crippen LogP contribution in [0, 0.1) is 0 Å². The van der Waals surface area contributed by atoms with Crippen LogP contribution in [0.4, 0.5) is 0 Å². The molecule has 116 valence electrons. The van der Waals surface area contributed by atoms with Gasteiger partial charge in [0.05, 0.1) is 0 Å². The fourth-order valence-electron chi connectivity index (χ4n) is 3.83. The van der Waals surface area contributed by atoms with Crippen molar-refractivity contribution in [2.75, 3.05) is 32.7 Å². The molecular formula is C18H29N3. The second kappa shape index (κ2) is 6.47. The molecule has 1 aromatic carbocycles. The normalized spacial score (nSPS) is 26.0. The monoisotopic (exact) mass is 287 g/mol. The predicted molar refractivity (Wildman–Crippen MR) is 88.5 cm³/mol. The molecule has 0 amide bonds. The average molecular weight is 287 g/mol. The van der Waals surface area contributed by atoms with Crippen molar-refractivity contribution < 1.29 is 0 Å². The van der Waals surface area contributed by atoms with Crippen LogP contribution in [0.25, 0.3) is 0 Å². The Hall–Kier alpha value is -0.900. The molecule has 0 radical (unpaired) electrons. The summed E-state index contributed by atoms with van der Waals surface area (Å²) in [5.74, 6) is 0.796. The Labute approximate surface area is 129 Å². The van der Waals surface area contributed by atoms with E-state index in [1.165, 1.54) is 24.9 Å². The smallest absolute Gasteiger partial charge is 0.0474 e. The summed E-state index contributed by atoms with van der Waals surface area (Å²) in [6.45, 7) is 9.92. The van der Waals surface area contributed by atoms with Crippen LogP contribution in [0.5, 0.6) is 0 Å². The van der Waals surface area contributed by atoms with Gasteiger partial charge in [-0.3, -0.25) is 9.80 Å². The van der Waals surface area contributed by atoms with Gasteiger partial charge >= 0.3 is 0 Å². The third kappa shape index (κ3) is 3.15. The Morgan fingerprint density at radius 1 is 1.24 bits per heavy atom. The van der Waals surface area contributed by atoms with Gasteiger partial charge in [-0.1, -0.05) is 31.2 Å². The Kier molecular flexibility index (Phi) is 4.63. The molecule has 1 aliphatic heterocycles. The van der Waals surface area contributed by atoms with Crippen LogP contribution in [0.2, 0.25) is 0 Å². The molecule has 1 saturated heterocycles. The first kappa shape index (κ1) is 15.0. The summed E-state index contributed by atoms with van der Waals surface area (Å²) in [4.78, 5) is 5.18. The van der Waals surface area contributed by atoms with Crippen molar-refractivity contribution in [3.8, 4) is 0 Å². The molecule has 1 aromatic rings. The summed E-state index contributed by atoms with van der Waals surface area (Å²) < 4.78 is 0. The van der Waals surface area contributed by atoms with Gasteiger partial charge in [0.15, 0.2) is 0 Å². The summed E-state index contributed by atoms with van der Waals surface area (Å²) in [7, 11) is 0. The van der Waals surface area contributed by atoms with E-state index in [1.807, 2.05) is 0 Å². The van der Waals surface area contributed by atoms with Crippen molar-refractivity contribution in [1.29, 1.82) is 0 Å². The zero-order valence-corrected chi connectivity index (χ0v) is 13.5. The van der Waals surface area contributed by atoms with E-state index < -0.39 is 0 Å². The maximum Gasteiger partial charge on any atom is 0.0474 e. The van der Waals surface area contributed by atoms with E-state index >= 15 is 0 Å². The molecule has 21 heavy (non-hydrogen) atoms. The third-order valence-corrected chi connectivity index (χ3v) is 5.24. The molecule has 1 aliphatic carbocycles. The summed E-state index contributed by atoms with van der Waals surface area (Å²) in [6, 6.07) is 10.0. The quantitative estimate of drug-likeness (QED) is 0.903. The minimum absolute atomic E-state index is 0.392. The summed E-state index contributed by atoms with van der Waals surface area (Å²) >= 11 is 0. The third-order valence-electron chi connectivity index (χ3n) is 5.24. The van der Waals surface area contributed by atoms with E-state index in [9.17, 15) is 0 Å². The summed E-state index contributed by atoms with van der Waals surface area (Å²) in [5, 5.41) is 0. The van der Waals surface area contributed by atoms with E-state index in [0.717, 1.165) is 32.1 Å². The van der Waals surface area contributed by atoms with Gasteiger partial charge in [-0.05, 0) is 43.4 Å². The zero-order valence-electron chi connectivity index (χ0n) is 13.5. The molecule has 0 bridgehead atoms. The Bertz CT molecular complexity index is 469. The molecule has 2 atom stereocenters. The molecule has 2 fully saturated rings. The Balaban J connectivity index is 1.79. The van der Waals surface area contributed by atoms with Gasteiger partial charge in [-0.15, -0.1) is 0 Å². The Morgan fingerprint density at radius 2 is 2.00 bits per heavy atom. The van der Waals surface area contributed by atoms with Gasteiger partial charge < -0.3 is 5.73 Å². The number of nitrogens with zero attached hydrogens (tertiary/aromatic N) is 2. The SMILES string of the molecule is CCN1CCN(C(CN)c2ccccc2C2CC2)CC1C. The fraction of sp³-hybridized carbons (Fsp3) is 0.667. The molecule has 3 heteroatoms. The van der Waals surface area contributed by atoms with Crippen molar-refractivity contribution in [1.82, 2.24) is 9.80 Å². The van der Waals surface area contributed by atoms with Crippen LogP contribution in [0.1, 0.15) is 49.8 Å². The van der Waals surface area contributed by atoms with E-state index in [-0.39, 0.29) is 0 Å². The second-order valence-electron chi connectivity index (χ2n) is 6.63. The van der Waals surface area contributed by atoms with Gasteiger partial charge in [0.25, 0.3) is 0 Å². The van der Waals surface area contributed by atoms with Gasteiger partial charge in [-0.25, -0.2) is 0 Å². The average Bonchev–Trinajstić information content (AvgIpc) is 3.33. The minimum Gasteiger partial charge on any atom is -0.329 e. The molecule has 2 aliphatic rings. The first-order valence-electron chi connectivity index (χ1n) is 8.51. The number of piperazine rings is 1. The van der Waals surface area contributed by atoms with Gasteiger partial charge in [0.1, 0.15) is 0 Å². The van der Waals surface area contributed by atoms with Crippen LogP contribution in [-0.2, 0) is 0 Å². The summed E-state index contributed by atoms with van der Waals surface area (Å²) in [6.07, 6.45) is 2.71. The lowest BCUT2D eigenvalue weighted by Gasteiger charge is -2.43. The van der Waals surface area contributed by atoms with Crippen LogP contribution in [-0.4, -0.2) is 48.6 Å². The van der Waals surface area contributed by atoms with E-state index in [1.54, 1.807) is 5.56 Å².